The minimum absolute atomic E-state index is 0.0236. The van der Waals surface area contributed by atoms with Crippen molar-refractivity contribution >= 4 is 33.3 Å². The van der Waals surface area contributed by atoms with Crippen molar-refractivity contribution in [2.45, 2.75) is 13.8 Å². The molecular formula is C11H11BrN2O8. The molecule has 0 fully saturated rings. The summed E-state index contributed by atoms with van der Waals surface area (Å²) in [4.78, 5) is 31.6. The van der Waals surface area contributed by atoms with Gasteiger partial charge in [-0.2, -0.15) is 0 Å². The maximum absolute atomic E-state index is 11.3. The monoisotopic (exact) mass is 378 g/mol. The molecular weight excluding hydrogens is 368 g/mol. The van der Waals surface area contributed by atoms with Gasteiger partial charge < -0.3 is 14.6 Å². The fourth-order valence-electron chi connectivity index (χ4n) is 1.75. The summed E-state index contributed by atoms with van der Waals surface area (Å²) in [5, 5.41) is 31.5. The van der Waals surface area contributed by atoms with Crippen molar-refractivity contribution in [3.63, 3.8) is 0 Å². The van der Waals surface area contributed by atoms with Crippen molar-refractivity contribution in [1.29, 1.82) is 0 Å². The molecule has 1 N–H and O–H groups in total. The second-order valence-corrected chi connectivity index (χ2v) is 4.52. The lowest BCUT2D eigenvalue weighted by Gasteiger charge is -2.14. The summed E-state index contributed by atoms with van der Waals surface area (Å²) in [6.45, 7) is 3.10. The third-order valence-electron chi connectivity index (χ3n) is 2.46. The molecule has 1 aromatic carbocycles. The van der Waals surface area contributed by atoms with Crippen molar-refractivity contribution in [3.8, 4) is 11.5 Å². The Labute approximate surface area is 132 Å². The number of nitrogens with zero attached hydrogens (tertiary/aromatic N) is 2. The van der Waals surface area contributed by atoms with Crippen LogP contribution in [0.15, 0.2) is 4.47 Å². The molecule has 0 atom stereocenters. The number of hydrogen-bond acceptors (Lipinski definition) is 7. The van der Waals surface area contributed by atoms with Gasteiger partial charge in [0.15, 0.2) is 5.75 Å². The molecule has 1 rings (SSSR count). The highest BCUT2D eigenvalue weighted by molar-refractivity contribution is 9.10. The number of ether oxygens (including phenoxy) is 2. The van der Waals surface area contributed by atoms with E-state index in [2.05, 4.69) is 15.9 Å². The van der Waals surface area contributed by atoms with Gasteiger partial charge in [0.25, 0.3) is 0 Å². The van der Waals surface area contributed by atoms with Gasteiger partial charge in [-0.1, -0.05) is 0 Å². The Morgan fingerprint density at radius 2 is 1.55 bits per heavy atom. The van der Waals surface area contributed by atoms with Crippen LogP contribution in [0.1, 0.15) is 24.2 Å². The van der Waals surface area contributed by atoms with Crippen molar-refractivity contribution in [3.05, 3.63) is 30.3 Å². The second-order valence-electron chi connectivity index (χ2n) is 3.73. The van der Waals surface area contributed by atoms with E-state index in [0.29, 0.717) is 0 Å². The molecule has 0 aliphatic carbocycles. The molecule has 0 amide bonds. The minimum atomic E-state index is -1.82. The second kappa shape index (κ2) is 7.02. The average molecular weight is 379 g/mol. The van der Waals surface area contributed by atoms with E-state index in [-0.39, 0.29) is 23.4 Å². The molecule has 22 heavy (non-hydrogen) atoms. The Balaban J connectivity index is 4.01. The molecule has 0 saturated carbocycles. The summed E-state index contributed by atoms with van der Waals surface area (Å²) in [5.74, 6) is -2.57. The standard InChI is InChI=1S/C11H11BrN2O8/c1-3-21-9-6(12)7(13(17)18)5(11(15)16)8(14(19)20)10(9)22-4-2/h3-4H2,1-2H3,(H,15,16). The zero-order valence-electron chi connectivity index (χ0n) is 11.5. The first-order valence-corrected chi connectivity index (χ1v) is 6.74. The van der Waals surface area contributed by atoms with Crippen molar-refractivity contribution in [2.75, 3.05) is 13.2 Å². The smallest absolute Gasteiger partial charge is 0.350 e. The van der Waals surface area contributed by atoms with Crippen LogP contribution in [0.5, 0.6) is 11.5 Å². The maximum atomic E-state index is 11.3. The quantitative estimate of drug-likeness (QED) is 0.563. The predicted octanol–water partition coefficient (Wildman–Crippen LogP) is 2.76. The van der Waals surface area contributed by atoms with Crippen LogP contribution in [0.3, 0.4) is 0 Å². The van der Waals surface area contributed by atoms with Gasteiger partial charge in [-0.05, 0) is 29.8 Å². The van der Waals surface area contributed by atoms with Gasteiger partial charge in [-0.15, -0.1) is 0 Å². The maximum Gasteiger partial charge on any atom is 0.350 e. The number of hydrogen-bond donors (Lipinski definition) is 1. The van der Waals surface area contributed by atoms with E-state index < -0.39 is 38.5 Å². The lowest BCUT2D eigenvalue weighted by Crippen LogP contribution is -2.12. The van der Waals surface area contributed by atoms with E-state index in [4.69, 9.17) is 14.6 Å². The summed E-state index contributed by atoms with van der Waals surface area (Å²) in [6, 6.07) is 0. The number of nitro groups is 2. The topological polar surface area (TPSA) is 142 Å². The van der Waals surface area contributed by atoms with Crippen molar-refractivity contribution in [1.82, 2.24) is 0 Å². The molecule has 0 spiro atoms. The lowest BCUT2D eigenvalue weighted by molar-refractivity contribution is -0.395. The normalized spacial score (nSPS) is 10.1. The summed E-state index contributed by atoms with van der Waals surface area (Å²) >= 11 is 2.87. The zero-order chi connectivity index (χ0) is 17.0. The minimum Gasteiger partial charge on any atom is -0.488 e. The van der Waals surface area contributed by atoms with Gasteiger partial charge in [-0.25, -0.2) is 4.79 Å². The van der Waals surface area contributed by atoms with Crippen molar-refractivity contribution < 1.29 is 29.2 Å². The van der Waals surface area contributed by atoms with Gasteiger partial charge in [-0.3, -0.25) is 20.2 Å². The fourth-order valence-corrected chi connectivity index (χ4v) is 2.39. The Hall–Kier alpha value is -2.43. The largest absolute Gasteiger partial charge is 0.488 e. The molecule has 0 aromatic heterocycles. The van der Waals surface area contributed by atoms with Gasteiger partial charge in [0, 0.05) is 0 Å². The van der Waals surface area contributed by atoms with Crippen LogP contribution in [0.4, 0.5) is 11.4 Å². The molecule has 0 aliphatic rings. The number of rotatable bonds is 7. The highest BCUT2D eigenvalue weighted by atomic mass is 79.9. The molecule has 0 bridgehead atoms. The number of carboxylic acids is 1. The molecule has 0 unspecified atom stereocenters. The Morgan fingerprint density at radius 1 is 1.09 bits per heavy atom. The van der Waals surface area contributed by atoms with Crippen LogP contribution in [-0.4, -0.2) is 34.1 Å². The molecule has 0 aliphatic heterocycles. The molecule has 120 valence electrons. The SMILES string of the molecule is CCOc1c(Br)c([N+](=O)[O-])c(C(=O)O)c([N+](=O)[O-])c1OCC. The molecule has 0 radical (unpaired) electrons. The molecule has 1 aromatic rings. The predicted molar refractivity (Wildman–Crippen MR) is 76.7 cm³/mol. The van der Waals surface area contributed by atoms with Crippen molar-refractivity contribution in [2.24, 2.45) is 0 Å². The zero-order valence-corrected chi connectivity index (χ0v) is 13.1. The number of aromatic carboxylic acids is 1. The van der Waals surface area contributed by atoms with Crippen LogP contribution >= 0.6 is 15.9 Å². The first kappa shape index (κ1) is 17.6. The highest BCUT2D eigenvalue weighted by Gasteiger charge is 2.41. The van der Waals surface area contributed by atoms with Crippen LogP contribution in [-0.2, 0) is 0 Å². The van der Waals surface area contributed by atoms with Gasteiger partial charge in [0.2, 0.25) is 11.3 Å². The van der Waals surface area contributed by atoms with E-state index in [9.17, 15) is 25.0 Å². The molecule has 10 nitrogen and oxygen atoms in total. The van der Waals surface area contributed by atoms with E-state index in [1.807, 2.05) is 0 Å². The van der Waals surface area contributed by atoms with Gasteiger partial charge in [0.1, 0.15) is 4.47 Å². The van der Waals surface area contributed by atoms with E-state index in [0.717, 1.165) is 0 Å². The van der Waals surface area contributed by atoms with Crippen LogP contribution in [0.2, 0.25) is 0 Å². The highest BCUT2D eigenvalue weighted by Crippen LogP contribution is 2.51. The summed E-state index contributed by atoms with van der Waals surface area (Å²) < 4.78 is 9.94. The van der Waals surface area contributed by atoms with Crippen LogP contribution < -0.4 is 9.47 Å². The number of halogens is 1. The number of nitro benzene ring substituents is 2. The van der Waals surface area contributed by atoms with Crippen LogP contribution in [0, 0.1) is 20.2 Å². The van der Waals surface area contributed by atoms with E-state index in [1.165, 1.54) is 6.92 Å². The Morgan fingerprint density at radius 3 is 1.91 bits per heavy atom. The average Bonchev–Trinajstić information content (AvgIpc) is 2.41. The lowest BCUT2D eigenvalue weighted by atomic mass is 10.1. The third-order valence-corrected chi connectivity index (χ3v) is 3.19. The van der Waals surface area contributed by atoms with Crippen LogP contribution in [0.25, 0.3) is 0 Å². The number of carboxylic acid groups (broad SMARTS) is 1. The molecule has 0 heterocycles. The molecule has 11 heteroatoms. The summed E-state index contributed by atoms with van der Waals surface area (Å²) in [6.07, 6.45) is 0. The first-order valence-electron chi connectivity index (χ1n) is 5.94. The van der Waals surface area contributed by atoms with E-state index in [1.54, 1.807) is 6.92 Å². The van der Waals surface area contributed by atoms with Gasteiger partial charge in [0.05, 0.1) is 23.1 Å². The van der Waals surface area contributed by atoms with Gasteiger partial charge >= 0.3 is 17.3 Å². The number of benzene rings is 1. The molecule has 0 saturated heterocycles. The van der Waals surface area contributed by atoms with E-state index >= 15 is 0 Å². The summed E-state index contributed by atoms with van der Waals surface area (Å²) in [7, 11) is 0. The first-order chi connectivity index (χ1) is 10.3. The summed E-state index contributed by atoms with van der Waals surface area (Å²) in [5.41, 5.74) is -3.06. The Bertz CT molecular complexity index is 646. The fraction of sp³-hybridized carbons (Fsp3) is 0.364. The number of carbonyl (C=O) groups is 1. The third kappa shape index (κ3) is 3.08. The Kier molecular flexibility index (Phi) is 5.63.